The minimum Gasteiger partial charge on any atom is -0.0988 e. The summed E-state index contributed by atoms with van der Waals surface area (Å²) >= 11 is 0. The fourth-order valence-electron chi connectivity index (χ4n) is 0.331. The van der Waals surface area contributed by atoms with Crippen molar-refractivity contribution in [2.45, 2.75) is 13.8 Å². The highest BCUT2D eigenvalue weighted by Crippen LogP contribution is 1.92. The van der Waals surface area contributed by atoms with E-state index >= 15 is 0 Å². The summed E-state index contributed by atoms with van der Waals surface area (Å²) in [6.45, 7) is 7.60. The SMILES string of the molecule is C=C/C(C)=C/[CH]C. The Kier molecular flexibility index (Phi) is 3.39. The Morgan fingerprint density at radius 1 is 1.57 bits per heavy atom. The first-order chi connectivity index (χ1) is 3.31. The van der Waals surface area contributed by atoms with Gasteiger partial charge in [-0.25, -0.2) is 0 Å². The van der Waals surface area contributed by atoms with E-state index < -0.39 is 0 Å². The predicted molar refractivity (Wildman–Crippen MR) is 33.9 cm³/mol. The largest absolute Gasteiger partial charge is 0.0988 e. The molecule has 0 saturated heterocycles. The molecule has 39 valence electrons. The van der Waals surface area contributed by atoms with Gasteiger partial charge in [-0.05, 0) is 13.3 Å². The molecule has 0 aliphatic heterocycles. The molecular formula is C7H11. The van der Waals surface area contributed by atoms with Gasteiger partial charge in [0, 0.05) is 0 Å². The zero-order valence-corrected chi connectivity index (χ0v) is 4.94. The maximum Gasteiger partial charge on any atom is -0.0196 e. The monoisotopic (exact) mass is 95.1 g/mol. The second-order valence-electron chi connectivity index (χ2n) is 1.45. The van der Waals surface area contributed by atoms with Crippen LogP contribution in [0.2, 0.25) is 0 Å². The lowest BCUT2D eigenvalue weighted by atomic mass is 10.2. The van der Waals surface area contributed by atoms with Crippen LogP contribution in [0.5, 0.6) is 0 Å². The highest BCUT2D eigenvalue weighted by Gasteiger charge is 1.72. The van der Waals surface area contributed by atoms with E-state index in [0.29, 0.717) is 0 Å². The Morgan fingerprint density at radius 3 is 2.29 bits per heavy atom. The van der Waals surface area contributed by atoms with Gasteiger partial charge in [0.25, 0.3) is 0 Å². The zero-order valence-electron chi connectivity index (χ0n) is 4.94. The Labute approximate surface area is 45.5 Å². The van der Waals surface area contributed by atoms with Gasteiger partial charge < -0.3 is 0 Å². The van der Waals surface area contributed by atoms with Crippen molar-refractivity contribution < 1.29 is 0 Å². The molecule has 7 heavy (non-hydrogen) atoms. The van der Waals surface area contributed by atoms with Crippen LogP contribution >= 0.6 is 0 Å². The minimum atomic E-state index is 1.21. The third kappa shape index (κ3) is 3.31. The van der Waals surface area contributed by atoms with Crippen molar-refractivity contribution in [3.8, 4) is 0 Å². The van der Waals surface area contributed by atoms with Crippen LogP contribution in [0.1, 0.15) is 13.8 Å². The predicted octanol–water partition coefficient (Wildman–Crippen LogP) is 2.34. The lowest BCUT2D eigenvalue weighted by Crippen LogP contribution is -1.63. The van der Waals surface area contributed by atoms with Gasteiger partial charge in [0.15, 0.2) is 0 Å². The number of hydrogen-bond donors (Lipinski definition) is 0. The zero-order chi connectivity index (χ0) is 5.70. The van der Waals surface area contributed by atoms with Crippen molar-refractivity contribution in [3.05, 3.63) is 30.7 Å². The minimum absolute atomic E-state index is 1.21. The van der Waals surface area contributed by atoms with Crippen LogP contribution in [-0.2, 0) is 0 Å². The van der Waals surface area contributed by atoms with E-state index in [1.165, 1.54) is 5.57 Å². The molecule has 0 aromatic heterocycles. The van der Waals surface area contributed by atoms with Gasteiger partial charge in [-0.1, -0.05) is 31.2 Å². The summed E-state index contributed by atoms with van der Waals surface area (Å²) in [5.41, 5.74) is 1.21. The van der Waals surface area contributed by atoms with Gasteiger partial charge in [0.2, 0.25) is 0 Å². The first kappa shape index (κ1) is 6.48. The molecule has 1 radical (unpaired) electrons. The topological polar surface area (TPSA) is 0 Å². The van der Waals surface area contributed by atoms with E-state index in [-0.39, 0.29) is 0 Å². The molecule has 0 bridgehead atoms. The first-order valence-electron chi connectivity index (χ1n) is 2.40. The van der Waals surface area contributed by atoms with Crippen molar-refractivity contribution in [2.75, 3.05) is 0 Å². The maximum atomic E-state index is 3.59. The van der Waals surface area contributed by atoms with Crippen molar-refractivity contribution in [3.63, 3.8) is 0 Å². The molecule has 0 spiro atoms. The number of rotatable bonds is 2. The van der Waals surface area contributed by atoms with Crippen molar-refractivity contribution >= 4 is 0 Å². The molecule has 0 saturated carbocycles. The van der Waals surface area contributed by atoms with Crippen molar-refractivity contribution in [1.29, 1.82) is 0 Å². The quantitative estimate of drug-likeness (QED) is 0.462. The molecule has 0 heteroatoms. The molecule has 0 aliphatic rings. The van der Waals surface area contributed by atoms with Crippen LogP contribution in [0.3, 0.4) is 0 Å². The van der Waals surface area contributed by atoms with Crippen LogP contribution in [0.15, 0.2) is 24.3 Å². The van der Waals surface area contributed by atoms with Crippen LogP contribution < -0.4 is 0 Å². The van der Waals surface area contributed by atoms with Crippen molar-refractivity contribution in [1.82, 2.24) is 0 Å². The third-order valence-electron chi connectivity index (χ3n) is 0.752. The number of hydrogen-bond acceptors (Lipinski definition) is 0. The summed E-state index contributed by atoms with van der Waals surface area (Å²) < 4.78 is 0. The molecule has 0 aromatic carbocycles. The summed E-state index contributed by atoms with van der Waals surface area (Å²) in [5, 5.41) is 0. The Balaban J connectivity index is 3.49. The van der Waals surface area contributed by atoms with E-state index in [1.54, 1.807) is 0 Å². The lowest BCUT2D eigenvalue weighted by molar-refractivity contribution is 1.45. The fourth-order valence-corrected chi connectivity index (χ4v) is 0.331. The van der Waals surface area contributed by atoms with Gasteiger partial charge in [-0.15, -0.1) is 0 Å². The highest BCUT2D eigenvalue weighted by molar-refractivity contribution is 5.15. The highest BCUT2D eigenvalue weighted by atomic mass is 13.8. The third-order valence-corrected chi connectivity index (χ3v) is 0.752. The summed E-state index contributed by atoms with van der Waals surface area (Å²) in [5.74, 6) is 0. The average molecular weight is 95.2 g/mol. The number of allylic oxidation sites excluding steroid dienone is 3. The van der Waals surface area contributed by atoms with E-state index in [9.17, 15) is 0 Å². The van der Waals surface area contributed by atoms with E-state index in [1.807, 2.05) is 32.4 Å². The second kappa shape index (κ2) is 3.66. The van der Waals surface area contributed by atoms with Crippen LogP contribution in [0.4, 0.5) is 0 Å². The van der Waals surface area contributed by atoms with Gasteiger partial charge >= 0.3 is 0 Å². The summed E-state index contributed by atoms with van der Waals surface area (Å²) in [6.07, 6.45) is 5.85. The molecular weight excluding hydrogens is 84.1 g/mol. The molecule has 0 nitrogen and oxygen atoms in total. The molecule has 0 fully saturated rings. The first-order valence-corrected chi connectivity index (χ1v) is 2.40. The normalized spacial score (nSPS) is 11.4. The van der Waals surface area contributed by atoms with Gasteiger partial charge in [0.05, 0.1) is 0 Å². The van der Waals surface area contributed by atoms with E-state index in [2.05, 4.69) is 6.58 Å². The molecule has 0 unspecified atom stereocenters. The van der Waals surface area contributed by atoms with E-state index in [4.69, 9.17) is 0 Å². The fraction of sp³-hybridized carbons (Fsp3) is 0.286. The standard InChI is InChI=1S/C7H11/c1-4-6-7(3)5-2/h4-6H,2H2,1,3H3/b7-6+. The summed E-state index contributed by atoms with van der Waals surface area (Å²) in [7, 11) is 0. The average Bonchev–Trinajstić information content (AvgIpc) is 1.68. The van der Waals surface area contributed by atoms with Gasteiger partial charge in [-0.3, -0.25) is 0 Å². The van der Waals surface area contributed by atoms with E-state index in [0.717, 1.165) is 0 Å². The molecule has 0 N–H and O–H groups in total. The van der Waals surface area contributed by atoms with Gasteiger partial charge in [0.1, 0.15) is 0 Å². The smallest absolute Gasteiger partial charge is 0.0196 e. The van der Waals surface area contributed by atoms with Crippen LogP contribution in [0.25, 0.3) is 0 Å². The molecule has 0 atom stereocenters. The Bertz CT molecular complexity index is 78.0. The van der Waals surface area contributed by atoms with Crippen LogP contribution in [-0.4, -0.2) is 0 Å². The summed E-state index contributed by atoms with van der Waals surface area (Å²) in [4.78, 5) is 0. The maximum absolute atomic E-state index is 3.59. The van der Waals surface area contributed by atoms with Gasteiger partial charge in [-0.2, -0.15) is 0 Å². The molecule has 0 aliphatic carbocycles. The summed E-state index contributed by atoms with van der Waals surface area (Å²) in [6, 6.07) is 0. The molecule has 0 heterocycles. The molecule has 0 amide bonds. The lowest BCUT2D eigenvalue weighted by Gasteiger charge is -1.83. The Morgan fingerprint density at radius 2 is 2.14 bits per heavy atom. The van der Waals surface area contributed by atoms with Crippen LogP contribution in [0, 0.1) is 6.42 Å². The molecule has 0 rings (SSSR count). The second-order valence-corrected chi connectivity index (χ2v) is 1.45. The van der Waals surface area contributed by atoms with Crippen molar-refractivity contribution in [2.24, 2.45) is 0 Å². The molecule has 0 aromatic rings. The Hall–Kier alpha value is -0.520.